The van der Waals surface area contributed by atoms with Crippen molar-refractivity contribution in [2.24, 2.45) is 0 Å². The summed E-state index contributed by atoms with van der Waals surface area (Å²) in [5, 5.41) is 0. The molecule has 5 heteroatoms. The van der Waals surface area contributed by atoms with Gasteiger partial charge in [0.15, 0.2) is 12.1 Å². The molecule has 0 amide bonds. The van der Waals surface area contributed by atoms with E-state index in [1.54, 1.807) is 18.2 Å². The van der Waals surface area contributed by atoms with Gasteiger partial charge in [-0.3, -0.25) is 9.59 Å². The number of carbonyl (C=O) groups is 2. The lowest BCUT2D eigenvalue weighted by Crippen LogP contribution is -2.17. The summed E-state index contributed by atoms with van der Waals surface area (Å²) in [4.78, 5) is 23.8. The van der Waals surface area contributed by atoms with Gasteiger partial charge in [0.1, 0.15) is 0 Å². The first-order valence-electron chi connectivity index (χ1n) is 8.69. The highest BCUT2D eigenvalue weighted by Gasteiger charge is 2.33. The average molecular weight is 443 g/mol. The van der Waals surface area contributed by atoms with E-state index in [9.17, 15) is 18.4 Å². The van der Waals surface area contributed by atoms with Crippen LogP contribution >= 0.6 is 15.9 Å². The third-order valence-corrected chi connectivity index (χ3v) is 5.21. The molecule has 142 valence electrons. The van der Waals surface area contributed by atoms with Crippen molar-refractivity contribution >= 4 is 28.0 Å². The summed E-state index contributed by atoms with van der Waals surface area (Å²) < 4.78 is 27.5. The summed E-state index contributed by atoms with van der Waals surface area (Å²) in [6.07, 6.45) is -0.0260. The molecule has 1 unspecified atom stereocenters. The first-order chi connectivity index (χ1) is 13.4. The van der Waals surface area contributed by atoms with Gasteiger partial charge < -0.3 is 0 Å². The fourth-order valence-electron chi connectivity index (χ4n) is 3.11. The summed E-state index contributed by atoms with van der Waals surface area (Å²) in [5.74, 6) is -4.05. The Kier molecular flexibility index (Phi) is 6.15. The highest BCUT2D eigenvalue weighted by Crippen LogP contribution is 2.34. The van der Waals surface area contributed by atoms with Gasteiger partial charge in [-0.05, 0) is 23.6 Å². The van der Waals surface area contributed by atoms with Crippen molar-refractivity contribution in [2.45, 2.75) is 18.3 Å². The lowest BCUT2D eigenvalue weighted by atomic mass is 9.85. The Balaban J connectivity index is 1.96. The van der Waals surface area contributed by atoms with Crippen LogP contribution < -0.4 is 0 Å². The van der Waals surface area contributed by atoms with Crippen molar-refractivity contribution in [3.05, 3.63) is 106 Å². The minimum Gasteiger partial charge on any atom is -0.296 e. The van der Waals surface area contributed by atoms with Crippen molar-refractivity contribution in [3.8, 4) is 0 Å². The quantitative estimate of drug-likeness (QED) is 0.334. The van der Waals surface area contributed by atoms with Crippen LogP contribution in [0.2, 0.25) is 0 Å². The van der Waals surface area contributed by atoms with Crippen LogP contribution in [0.3, 0.4) is 0 Å². The van der Waals surface area contributed by atoms with Crippen molar-refractivity contribution in [3.63, 3.8) is 0 Å². The Bertz CT molecular complexity index is 972. The molecular weight excluding hydrogens is 426 g/mol. The smallest absolute Gasteiger partial charge is 0.296 e. The highest BCUT2D eigenvalue weighted by molar-refractivity contribution is 9.10. The molecular formula is C23H17BrF2O2. The SMILES string of the molecule is O=CC(F)(F)c1ccc(CC(C(=O)c2ccccc2)c2ccccc2)cc1Br. The second kappa shape index (κ2) is 8.57. The maximum atomic E-state index is 13.7. The Hall–Kier alpha value is -2.66. The molecule has 0 radical (unpaired) electrons. The Labute approximate surface area is 170 Å². The molecule has 0 fully saturated rings. The standard InChI is InChI=1S/C23H17BrF2O2/c24-21-14-16(11-12-20(21)23(25,26)15-27)13-19(17-7-3-1-4-8-17)22(28)18-9-5-2-6-10-18/h1-12,14-15,19H,13H2. The maximum absolute atomic E-state index is 13.7. The van der Waals surface area contributed by atoms with Crippen LogP contribution in [0.5, 0.6) is 0 Å². The van der Waals surface area contributed by atoms with Gasteiger partial charge >= 0.3 is 5.92 Å². The molecule has 0 aromatic heterocycles. The molecule has 0 aliphatic heterocycles. The van der Waals surface area contributed by atoms with Crippen LogP contribution in [0.4, 0.5) is 8.78 Å². The molecule has 0 saturated heterocycles. The lowest BCUT2D eigenvalue weighted by Gasteiger charge is -2.18. The monoisotopic (exact) mass is 442 g/mol. The number of halogens is 3. The highest BCUT2D eigenvalue weighted by atomic mass is 79.9. The molecule has 3 rings (SSSR count). The van der Waals surface area contributed by atoms with Gasteiger partial charge in [-0.25, -0.2) is 0 Å². The van der Waals surface area contributed by atoms with E-state index in [1.807, 2.05) is 48.5 Å². The van der Waals surface area contributed by atoms with E-state index in [0.29, 0.717) is 12.0 Å². The third kappa shape index (κ3) is 4.42. The zero-order valence-electron chi connectivity index (χ0n) is 14.8. The minimum absolute atomic E-state index is 0.0368. The van der Waals surface area contributed by atoms with Crippen molar-refractivity contribution in [1.82, 2.24) is 0 Å². The van der Waals surface area contributed by atoms with E-state index in [-0.39, 0.29) is 16.5 Å². The fraction of sp³-hybridized carbons (Fsp3) is 0.130. The van der Waals surface area contributed by atoms with E-state index >= 15 is 0 Å². The molecule has 0 saturated carbocycles. The van der Waals surface area contributed by atoms with Gasteiger partial charge in [-0.2, -0.15) is 8.78 Å². The molecule has 0 heterocycles. The van der Waals surface area contributed by atoms with E-state index < -0.39 is 17.4 Å². The van der Waals surface area contributed by atoms with Crippen molar-refractivity contribution in [1.29, 1.82) is 0 Å². The number of aldehydes is 1. The predicted molar refractivity (Wildman–Crippen MR) is 108 cm³/mol. The third-order valence-electron chi connectivity index (χ3n) is 4.56. The number of hydrogen-bond acceptors (Lipinski definition) is 2. The van der Waals surface area contributed by atoms with E-state index in [2.05, 4.69) is 15.9 Å². The van der Waals surface area contributed by atoms with E-state index in [1.165, 1.54) is 12.1 Å². The summed E-state index contributed by atoms with van der Waals surface area (Å²) in [7, 11) is 0. The number of Topliss-reactive ketones (excluding diaryl/α,β-unsaturated/α-hetero) is 1. The average Bonchev–Trinajstić information content (AvgIpc) is 2.72. The van der Waals surface area contributed by atoms with Crippen LogP contribution in [0.1, 0.15) is 33.0 Å². The molecule has 3 aromatic carbocycles. The molecule has 0 aliphatic rings. The summed E-state index contributed by atoms with van der Waals surface area (Å²) >= 11 is 3.13. The zero-order valence-corrected chi connectivity index (χ0v) is 16.4. The number of rotatable bonds is 7. The summed E-state index contributed by atoms with van der Waals surface area (Å²) in [5.41, 5.74) is 1.78. The lowest BCUT2D eigenvalue weighted by molar-refractivity contribution is -0.130. The van der Waals surface area contributed by atoms with Gasteiger partial charge in [0.05, 0.1) is 5.92 Å². The van der Waals surface area contributed by atoms with Crippen molar-refractivity contribution in [2.75, 3.05) is 0 Å². The Morgan fingerprint density at radius 1 is 0.964 bits per heavy atom. The van der Waals surface area contributed by atoms with E-state index in [4.69, 9.17) is 0 Å². The van der Waals surface area contributed by atoms with Crippen LogP contribution in [0.25, 0.3) is 0 Å². The minimum atomic E-state index is -3.56. The van der Waals surface area contributed by atoms with Gasteiger partial charge in [0.2, 0.25) is 0 Å². The molecule has 0 bridgehead atoms. The predicted octanol–water partition coefficient (Wildman–Crippen LogP) is 5.95. The molecule has 0 N–H and O–H groups in total. The van der Waals surface area contributed by atoms with Crippen LogP contribution in [0.15, 0.2) is 83.3 Å². The van der Waals surface area contributed by atoms with E-state index in [0.717, 1.165) is 11.1 Å². The molecule has 0 spiro atoms. The normalized spacial score (nSPS) is 12.4. The molecule has 1 atom stereocenters. The Morgan fingerprint density at radius 2 is 1.57 bits per heavy atom. The van der Waals surface area contributed by atoms with Gasteiger partial charge in [0.25, 0.3) is 0 Å². The Morgan fingerprint density at radius 3 is 2.14 bits per heavy atom. The summed E-state index contributed by atoms with van der Waals surface area (Å²) in [6, 6.07) is 22.7. The molecule has 0 aliphatic carbocycles. The first kappa shape index (κ1) is 20.1. The van der Waals surface area contributed by atoms with Crippen LogP contribution in [0, 0.1) is 0 Å². The molecule has 28 heavy (non-hydrogen) atoms. The largest absolute Gasteiger partial charge is 0.328 e. The number of carbonyl (C=O) groups excluding carboxylic acids is 2. The topological polar surface area (TPSA) is 34.1 Å². The van der Waals surface area contributed by atoms with Crippen LogP contribution in [-0.4, -0.2) is 12.1 Å². The van der Waals surface area contributed by atoms with Gasteiger partial charge in [0, 0.05) is 15.6 Å². The maximum Gasteiger partial charge on any atom is 0.328 e. The number of ketones is 1. The second-order valence-electron chi connectivity index (χ2n) is 6.45. The number of hydrogen-bond donors (Lipinski definition) is 0. The summed E-state index contributed by atoms with van der Waals surface area (Å²) in [6.45, 7) is 0. The van der Waals surface area contributed by atoms with Crippen LogP contribution in [-0.2, 0) is 17.1 Å². The second-order valence-corrected chi connectivity index (χ2v) is 7.31. The molecule has 2 nitrogen and oxygen atoms in total. The number of benzene rings is 3. The first-order valence-corrected chi connectivity index (χ1v) is 9.49. The van der Waals surface area contributed by atoms with Gasteiger partial charge in [-0.15, -0.1) is 0 Å². The molecule has 3 aromatic rings. The van der Waals surface area contributed by atoms with Crippen molar-refractivity contribution < 1.29 is 18.4 Å². The number of alkyl halides is 2. The fourth-order valence-corrected chi connectivity index (χ4v) is 3.80. The zero-order chi connectivity index (χ0) is 20.1. The van der Waals surface area contributed by atoms with Gasteiger partial charge in [-0.1, -0.05) is 88.7 Å².